The highest BCUT2D eigenvalue weighted by molar-refractivity contribution is 5.80. The number of fused-ring (bicyclic) bond motifs is 1. The summed E-state index contributed by atoms with van der Waals surface area (Å²) >= 11 is 0. The highest BCUT2D eigenvalue weighted by atomic mass is 16.6. The summed E-state index contributed by atoms with van der Waals surface area (Å²) in [7, 11) is 0. The van der Waals surface area contributed by atoms with Gasteiger partial charge in [0.25, 0.3) is 0 Å². The number of rotatable bonds is 3. The number of piperazine rings is 1. The number of carbonyl (C=O) groups excluding carboxylic acids is 2. The van der Waals surface area contributed by atoms with Crippen LogP contribution in [0, 0.1) is 5.41 Å². The number of nitrogens with zero attached hydrogens (tertiary/aromatic N) is 3. The second-order valence-electron chi connectivity index (χ2n) is 8.13. The van der Waals surface area contributed by atoms with Gasteiger partial charge in [0.2, 0.25) is 0 Å². The van der Waals surface area contributed by atoms with Crippen LogP contribution in [-0.2, 0) is 9.53 Å². The van der Waals surface area contributed by atoms with Crippen LogP contribution in [0.25, 0.3) is 0 Å². The lowest BCUT2D eigenvalue weighted by Gasteiger charge is -2.37. The molecule has 2 saturated heterocycles. The fraction of sp³-hybridized carbons (Fsp3) is 0.812. The monoisotopic (exact) mass is 341 g/mol. The summed E-state index contributed by atoms with van der Waals surface area (Å²) in [6, 6.07) is -0.276. The molecule has 0 aromatic carbocycles. The van der Waals surface area contributed by atoms with Crippen LogP contribution in [0.2, 0.25) is 0 Å². The number of hydrogen-bond acceptors (Lipinski definition) is 4. The predicted octanol–water partition coefficient (Wildman–Crippen LogP) is 1.45. The van der Waals surface area contributed by atoms with Gasteiger partial charge in [-0.3, -0.25) is 4.79 Å². The summed E-state index contributed by atoms with van der Waals surface area (Å²) in [4.78, 5) is 40.8. The van der Waals surface area contributed by atoms with Gasteiger partial charge in [-0.05, 0) is 34.6 Å². The van der Waals surface area contributed by atoms with Crippen molar-refractivity contribution in [2.24, 2.45) is 5.41 Å². The van der Waals surface area contributed by atoms with Crippen molar-refractivity contribution in [3.63, 3.8) is 0 Å². The van der Waals surface area contributed by atoms with Crippen molar-refractivity contribution in [2.45, 2.75) is 46.3 Å². The van der Waals surface area contributed by atoms with Crippen molar-refractivity contribution >= 4 is 18.1 Å². The molecule has 0 aliphatic carbocycles. The van der Waals surface area contributed by atoms with E-state index in [4.69, 9.17) is 4.74 Å². The van der Waals surface area contributed by atoms with Crippen molar-refractivity contribution in [1.82, 2.24) is 14.7 Å². The molecule has 0 saturated carbocycles. The molecule has 0 aromatic heterocycles. The van der Waals surface area contributed by atoms with Gasteiger partial charge in [0.1, 0.15) is 5.60 Å². The summed E-state index contributed by atoms with van der Waals surface area (Å²) in [6.07, 6.45) is -0.376. The third-order valence-corrected chi connectivity index (χ3v) is 4.25. The quantitative estimate of drug-likeness (QED) is 0.839. The molecule has 0 bridgehead atoms. The Labute approximate surface area is 142 Å². The molecule has 0 aromatic rings. The second kappa shape index (κ2) is 6.14. The highest BCUT2D eigenvalue weighted by Crippen LogP contribution is 2.26. The molecule has 8 nitrogen and oxygen atoms in total. The summed E-state index contributed by atoms with van der Waals surface area (Å²) in [5.74, 6) is -0.935. The maximum absolute atomic E-state index is 12.5. The van der Waals surface area contributed by atoms with Gasteiger partial charge in [0.15, 0.2) is 0 Å². The molecule has 2 rings (SSSR count). The van der Waals surface area contributed by atoms with Crippen LogP contribution in [0.5, 0.6) is 0 Å². The van der Waals surface area contributed by atoms with Crippen LogP contribution in [-0.4, -0.2) is 82.3 Å². The molecule has 0 spiro atoms. The largest absolute Gasteiger partial charge is 0.481 e. The number of hydrogen-bond donors (Lipinski definition) is 1. The Kier molecular flexibility index (Phi) is 4.70. The van der Waals surface area contributed by atoms with Crippen LogP contribution in [0.15, 0.2) is 0 Å². The van der Waals surface area contributed by atoms with Crippen molar-refractivity contribution in [2.75, 3.05) is 32.7 Å². The van der Waals surface area contributed by atoms with E-state index in [1.807, 2.05) is 20.8 Å². The van der Waals surface area contributed by atoms with E-state index in [0.29, 0.717) is 26.2 Å². The lowest BCUT2D eigenvalue weighted by Crippen LogP contribution is -2.54. The van der Waals surface area contributed by atoms with Gasteiger partial charge in [0.05, 0.1) is 11.5 Å². The fourth-order valence-corrected chi connectivity index (χ4v) is 2.95. The third-order valence-electron chi connectivity index (χ3n) is 4.25. The number of carboxylic acids is 1. The van der Waals surface area contributed by atoms with E-state index in [0.717, 1.165) is 0 Å². The zero-order chi connectivity index (χ0) is 18.3. The van der Waals surface area contributed by atoms with Crippen molar-refractivity contribution < 1.29 is 24.2 Å². The lowest BCUT2D eigenvalue weighted by atomic mass is 9.93. The first kappa shape index (κ1) is 18.4. The van der Waals surface area contributed by atoms with E-state index in [2.05, 4.69) is 0 Å². The number of urea groups is 1. The molecule has 2 fully saturated rings. The Hall–Kier alpha value is -1.99. The standard InChI is InChI=1S/C16H27N3O5/c1-15(2,3)24-14(23)17-6-7-19-11(8-17)9-18(13(19)22)10-16(4,5)12(20)21/h11H,6-10H2,1-5H3,(H,20,21)/t11-/m0/s1. The minimum atomic E-state index is -1.00. The van der Waals surface area contributed by atoms with Gasteiger partial charge in [-0.25, -0.2) is 9.59 Å². The van der Waals surface area contributed by atoms with Crippen molar-refractivity contribution in [3.05, 3.63) is 0 Å². The summed E-state index contributed by atoms with van der Waals surface area (Å²) in [5.41, 5.74) is -1.56. The zero-order valence-corrected chi connectivity index (χ0v) is 15.0. The number of amides is 3. The predicted molar refractivity (Wildman–Crippen MR) is 86.7 cm³/mol. The van der Waals surface area contributed by atoms with E-state index in [-0.39, 0.29) is 24.7 Å². The molecule has 3 amide bonds. The smallest absolute Gasteiger partial charge is 0.410 e. The van der Waals surface area contributed by atoms with Gasteiger partial charge >= 0.3 is 18.1 Å². The topological polar surface area (TPSA) is 90.4 Å². The first-order valence-corrected chi connectivity index (χ1v) is 8.17. The lowest BCUT2D eigenvalue weighted by molar-refractivity contribution is -0.147. The normalized spacial score (nSPS) is 21.8. The first-order valence-electron chi connectivity index (χ1n) is 8.17. The minimum Gasteiger partial charge on any atom is -0.481 e. The average Bonchev–Trinajstić information content (AvgIpc) is 2.72. The number of carboxylic acid groups (broad SMARTS) is 1. The SMILES string of the molecule is CC(C)(C)OC(=O)N1CCN2C(=O)N(CC(C)(C)C(=O)O)C[C@@H]2C1. The maximum atomic E-state index is 12.5. The second-order valence-corrected chi connectivity index (χ2v) is 8.13. The van der Waals surface area contributed by atoms with Crippen LogP contribution in [0.1, 0.15) is 34.6 Å². The molecular formula is C16H27N3O5. The van der Waals surface area contributed by atoms with Gasteiger partial charge in [-0.15, -0.1) is 0 Å². The van der Waals surface area contributed by atoms with Gasteiger partial charge in [0, 0.05) is 32.7 Å². The molecule has 2 aliphatic heterocycles. The Morgan fingerprint density at radius 3 is 2.33 bits per heavy atom. The Bertz CT molecular complexity index is 540. The molecule has 0 unspecified atom stereocenters. The first-order chi connectivity index (χ1) is 10.9. The van der Waals surface area contributed by atoms with E-state index in [1.165, 1.54) is 0 Å². The molecule has 1 atom stereocenters. The van der Waals surface area contributed by atoms with Gasteiger partial charge in [-0.2, -0.15) is 0 Å². The summed E-state index contributed by atoms with van der Waals surface area (Å²) in [5, 5.41) is 9.25. The minimum absolute atomic E-state index is 0.122. The fourth-order valence-electron chi connectivity index (χ4n) is 2.95. The van der Waals surface area contributed by atoms with Gasteiger partial charge < -0.3 is 24.5 Å². The zero-order valence-electron chi connectivity index (χ0n) is 15.0. The highest BCUT2D eigenvalue weighted by Gasteiger charge is 2.44. The third kappa shape index (κ3) is 3.91. The van der Waals surface area contributed by atoms with Crippen LogP contribution < -0.4 is 0 Å². The Morgan fingerprint density at radius 1 is 1.17 bits per heavy atom. The molecule has 1 N–H and O–H groups in total. The summed E-state index contributed by atoms with van der Waals surface area (Å²) < 4.78 is 5.38. The van der Waals surface area contributed by atoms with Crippen LogP contribution in [0.4, 0.5) is 9.59 Å². The van der Waals surface area contributed by atoms with E-state index < -0.39 is 17.0 Å². The molecule has 0 radical (unpaired) electrons. The van der Waals surface area contributed by atoms with E-state index in [9.17, 15) is 19.5 Å². The molecule has 136 valence electrons. The molecular weight excluding hydrogens is 314 g/mol. The number of carbonyl (C=O) groups is 3. The summed E-state index contributed by atoms with van der Waals surface area (Å²) in [6.45, 7) is 10.5. The van der Waals surface area contributed by atoms with Crippen LogP contribution in [0.3, 0.4) is 0 Å². The molecule has 24 heavy (non-hydrogen) atoms. The van der Waals surface area contributed by atoms with Gasteiger partial charge in [-0.1, -0.05) is 0 Å². The number of aliphatic carboxylic acids is 1. The Morgan fingerprint density at radius 2 is 1.79 bits per heavy atom. The molecule has 2 aliphatic rings. The van der Waals surface area contributed by atoms with Crippen molar-refractivity contribution in [1.29, 1.82) is 0 Å². The van der Waals surface area contributed by atoms with Crippen LogP contribution >= 0.6 is 0 Å². The number of ether oxygens (including phenoxy) is 1. The average molecular weight is 341 g/mol. The maximum Gasteiger partial charge on any atom is 0.410 e. The molecule has 2 heterocycles. The van der Waals surface area contributed by atoms with E-state index >= 15 is 0 Å². The van der Waals surface area contributed by atoms with Crippen molar-refractivity contribution in [3.8, 4) is 0 Å². The van der Waals surface area contributed by atoms with E-state index in [1.54, 1.807) is 28.5 Å². The Balaban J connectivity index is 2.00. The molecule has 8 heteroatoms.